The second kappa shape index (κ2) is 6.88. The Labute approximate surface area is 167 Å². The van der Waals surface area contributed by atoms with Crippen LogP contribution in [0.2, 0.25) is 0 Å². The van der Waals surface area contributed by atoms with Crippen molar-refractivity contribution in [3.05, 3.63) is 53.3 Å². The summed E-state index contributed by atoms with van der Waals surface area (Å²) in [5.41, 5.74) is 4.28. The van der Waals surface area contributed by atoms with E-state index >= 15 is 0 Å². The van der Waals surface area contributed by atoms with Gasteiger partial charge in [0, 0.05) is 25.2 Å². The minimum atomic E-state index is 0.507. The molecule has 6 nitrogen and oxygen atoms in total. The highest BCUT2D eigenvalue weighted by atomic mass is 32.1. The lowest BCUT2D eigenvalue weighted by Crippen LogP contribution is -2.10. The predicted molar refractivity (Wildman–Crippen MR) is 111 cm³/mol. The molecular weight excluding hydrogens is 368 g/mol. The summed E-state index contributed by atoms with van der Waals surface area (Å²) >= 11 is 5.86. The van der Waals surface area contributed by atoms with Crippen LogP contribution in [-0.4, -0.2) is 23.7 Å². The lowest BCUT2D eigenvalue weighted by molar-refractivity contribution is 0.605. The normalized spacial score (nSPS) is 14.0. The summed E-state index contributed by atoms with van der Waals surface area (Å²) in [6.07, 6.45) is 7.44. The summed E-state index contributed by atoms with van der Waals surface area (Å²) in [5, 5.41) is 8.93. The van der Waals surface area contributed by atoms with E-state index in [0.29, 0.717) is 19.0 Å². The van der Waals surface area contributed by atoms with Gasteiger partial charge in [0.15, 0.2) is 4.77 Å². The van der Waals surface area contributed by atoms with Gasteiger partial charge in [-0.15, -0.1) is 0 Å². The fourth-order valence-electron chi connectivity index (χ4n) is 3.92. The van der Waals surface area contributed by atoms with Crippen LogP contribution in [-0.2, 0) is 13.1 Å². The third kappa shape index (κ3) is 2.81. The smallest absolute Gasteiger partial charge is 0.181 e. The standard InChI is InChI=1S/C21H20N6S/c22-10-3-4-12-25-17-6-2-1-5-16(17)24-20(25)14-26-19-13-23-11-9-18(19)27(21(26)28)15-7-8-15/h1-2,5-6,9,11,13,15H,3-4,7-8,12,14H2. The highest BCUT2D eigenvalue weighted by Gasteiger charge is 2.27. The number of hydrogen-bond donors (Lipinski definition) is 0. The van der Waals surface area contributed by atoms with Crippen molar-refractivity contribution in [3.63, 3.8) is 0 Å². The molecule has 5 rings (SSSR count). The zero-order valence-electron chi connectivity index (χ0n) is 15.5. The van der Waals surface area contributed by atoms with E-state index in [2.05, 4.69) is 36.9 Å². The van der Waals surface area contributed by atoms with Gasteiger partial charge in [-0.1, -0.05) is 12.1 Å². The van der Waals surface area contributed by atoms with Gasteiger partial charge in [-0.25, -0.2) is 4.98 Å². The topological polar surface area (TPSA) is 64.4 Å². The zero-order chi connectivity index (χ0) is 19.1. The minimum absolute atomic E-state index is 0.507. The van der Waals surface area contributed by atoms with Crippen molar-refractivity contribution in [3.8, 4) is 6.07 Å². The molecule has 140 valence electrons. The van der Waals surface area contributed by atoms with Crippen LogP contribution in [0.15, 0.2) is 42.7 Å². The number of fused-ring (bicyclic) bond motifs is 2. The molecule has 4 aromatic rings. The highest BCUT2D eigenvalue weighted by molar-refractivity contribution is 7.71. The van der Waals surface area contributed by atoms with E-state index in [9.17, 15) is 0 Å². The van der Waals surface area contributed by atoms with Crippen LogP contribution in [0.3, 0.4) is 0 Å². The van der Waals surface area contributed by atoms with Gasteiger partial charge in [0.1, 0.15) is 5.82 Å². The zero-order valence-corrected chi connectivity index (χ0v) is 16.3. The van der Waals surface area contributed by atoms with Gasteiger partial charge in [-0.05, 0) is 49.7 Å². The number of rotatable bonds is 6. The first kappa shape index (κ1) is 17.1. The Morgan fingerprint density at radius 3 is 2.79 bits per heavy atom. The van der Waals surface area contributed by atoms with Crippen molar-refractivity contribution in [2.45, 2.75) is 44.8 Å². The molecule has 0 bridgehead atoms. The number of pyridine rings is 1. The number of aromatic nitrogens is 5. The fourth-order valence-corrected chi connectivity index (χ4v) is 4.33. The number of aryl methyl sites for hydroxylation is 1. The average Bonchev–Trinajstić information content (AvgIpc) is 3.43. The number of benzene rings is 1. The Morgan fingerprint density at radius 1 is 1.11 bits per heavy atom. The number of nitrogens with zero attached hydrogens (tertiary/aromatic N) is 6. The molecular formula is C21H20N6S. The maximum absolute atomic E-state index is 8.93. The monoisotopic (exact) mass is 388 g/mol. The van der Waals surface area contributed by atoms with Crippen molar-refractivity contribution < 1.29 is 0 Å². The van der Waals surface area contributed by atoms with E-state index in [-0.39, 0.29) is 0 Å². The lowest BCUT2D eigenvalue weighted by Gasteiger charge is -2.09. The summed E-state index contributed by atoms with van der Waals surface area (Å²) in [6, 6.07) is 13.0. The number of para-hydroxylation sites is 2. The van der Waals surface area contributed by atoms with Crippen LogP contribution >= 0.6 is 12.2 Å². The van der Waals surface area contributed by atoms with Crippen LogP contribution in [0.25, 0.3) is 22.1 Å². The van der Waals surface area contributed by atoms with Gasteiger partial charge in [0.05, 0.1) is 40.9 Å². The number of nitriles is 1. The first-order valence-corrected chi connectivity index (χ1v) is 10.0. The molecule has 1 aliphatic rings. The number of imidazole rings is 2. The molecule has 3 heterocycles. The molecule has 1 saturated carbocycles. The van der Waals surface area contributed by atoms with Gasteiger partial charge in [-0.2, -0.15) is 5.26 Å². The molecule has 28 heavy (non-hydrogen) atoms. The second-order valence-electron chi connectivity index (χ2n) is 7.26. The third-order valence-corrected chi connectivity index (χ3v) is 5.80. The first-order valence-electron chi connectivity index (χ1n) is 9.64. The van der Waals surface area contributed by atoms with E-state index in [0.717, 1.165) is 45.6 Å². The summed E-state index contributed by atoms with van der Waals surface area (Å²) in [7, 11) is 0. The van der Waals surface area contributed by atoms with Crippen molar-refractivity contribution >= 4 is 34.3 Å². The molecule has 0 radical (unpaired) electrons. The quantitative estimate of drug-likeness (QED) is 0.358. The van der Waals surface area contributed by atoms with Crippen molar-refractivity contribution in [1.82, 2.24) is 23.7 Å². The van der Waals surface area contributed by atoms with E-state index in [1.165, 1.54) is 12.8 Å². The Hall–Kier alpha value is -2.98. The molecule has 0 N–H and O–H groups in total. The van der Waals surface area contributed by atoms with Gasteiger partial charge in [0.25, 0.3) is 0 Å². The van der Waals surface area contributed by atoms with E-state index < -0.39 is 0 Å². The Kier molecular flexibility index (Phi) is 4.21. The summed E-state index contributed by atoms with van der Waals surface area (Å²) in [5.74, 6) is 0.967. The maximum Gasteiger partial charge on any atom is 0.181 e. The molecule has 0 aliphatic heterocycles. The first-order chi connectivity index (χ1) is 13.8. The van der Waals surface area contributed by atoms with Gasteiger partial charge >= 0.3 is 0 Å². The molecule has 1 aromatic carbocycles. The number of unbranched alkanes of at least 4 members (excludes halogenated alkanes) is 1. The van der Waals surface area contributed by atoms with Crippen molar-refractivity contribution in [2.75, 3.05) is 0 Å². The summed E-state index contributed by atoms with van der Waals surface area (Å²) in [6.45, 7) is 1.37. The van der Waals surface area contributed by atoms with Gasteiger partial charge in [0.2, 0.25) is 0 Å². The molecule has 7 heteroatoms. The Bertz CT molecular complexity index is 1270. The van der Waals surface area contributed by atoms with Crippen LogP contribution < -0.4 is 0 Å². The molecule has 0 unspecified atom stereocenters. The van der Waals surface area contributed by atoms with Crippen molar-refractivity contribution in [2.24, 2.45) is 0 Å². The molecule has 1 fully saturated rings. The summed E-state index contributed by atoms with van der Waals surface area (Å²) in [4.78, 5) is 9.22. The number of hydrogen-bond acceptors (Lipinski definition) is 4. The maximum atomic E-state index is 8.93. The van der Waals surface area contributed by atoms with Crippen LogP contribution in [0.5, 0.6) is 0 Å². The largest absolute Gasteiger partial charge is 0.326 e. The second-order valence-corrected chi connectivity index (χ2v) is 7.63. The van der Waals surface area contributed by atoms with Crippen LogP contribution in [0, 0.1) is 16.1 Å². The van der Waals surface area contributed by atoms with Crippen LogP contribution in [0.1, 0.15) is 37.5 Å². The van der Waals surface area contributed by atoms with Gasteiger partial charge < -0.3 is 13.7 Å². The lowest BCUT2D eigenvalue weighted by atomic mass is 10.3. The summed E-state index contributed by atoms with van der Waals surface area (Å²) < 4.78 is 7.49. The SMILES string of the molecule is N#CCCCn1c(Cn2c(=S)n(C3CC3)c3ccncc32)nc2ccccc21. The Morgan fingerprint density at radius 2 is 1.96 bits per heavy atom. The van der Waals surface area contributed by atoms with Gasteiger partial charge in [-0.3, -0.25) is 4.98 Å². The molecule has 3 aromatic heterocycles. The molecule has 1 aliphatic carbocycles. The van der Waals surface area contributed by atoms with E-state index in [4.69, 9.17) is 22.5 Å². The fraction of sp³-hybridized carbons (Fsp3) is 0.333. The molecule has 0 saturated heterocycles. The van der Waals surface area contributed by atoms with E-state index in [1.54, 1.807) is 0 Å². The van der Waals surface area contributed by atoms with E-state index in [1.807, 2.05) is 30.6 Å². The van der Waals surface area contributed by atoms with Crippen molar-refractivity contribution in [1.29, 1.82) is 5.26 Å². The van der Waals surface area contributed by atoms with Crippen LogP contribution in [0.4, 0.5) is 0 Å². The Balaban J connectivity index is 1.63. The highest BCUT2D eigenvalue weighted by Crippen LogP contribution is 2.38. The molecule has 0 spiro atoms. The third-order valence-electron chi connectivity index (χ3n) is 5.38. The minimum Gasteiger partial charge on any atom is -0.326 e. The predicted octanol–water partition coefficient (Wildman–Crippen LogP) is 4.60. The molecule has 0 amide bonds. The molecule has 0 atom stereocenters. The average molecular weight is 389 g/mol.